The second-order valence-electron chi connectivity index (χ2n) is 6.40. The molecule has 0 aliphatic rings. The minimum atomic E-state index is -0.443. The van der Waals surface area contributed by atoms with Crippen LogP contribution in [0.3, 0.4) is 0 Å². The quantitative estimate of drug-likeness (QED) is 0.446. The Balaban J connectivity index is 2.27. The van der Waals surface area contributed by atoms with Gasteiger partial charge in [0.2, 0.25) is 0 Å². The lowest BCUT2D eigenvalue weighted by Crippen LogP contribution is -2.45. The Bertz CT molecular complexity index is 617. The van der Waals surface area contributed by atoms with E-state index in [1.807, 2.05) is 36.4 Å². The molecule has 0 fully saturated rings. The van der Waals surface area contributed by atoms with Crippen LogP contribution in [0.4, 0.5) is 0 Å². The standard InChI is InChI=1S/C22H29NO4/c1-25-21(24)15-14-20(22(26-2)27-3)23(16-18-10-6-4-7-11-18)17-19-12-8-5-9-13-19/h4-13,20,22H,14-17H2,1-3H3. The van der Waals surface area contributed by atoms with Gasteiger partial charge in [-0.05, 0) is 17.5 Å². The summed E-state index contributed by atoms with van der Waals surface area (Å²) in [7, 11) is 4.66. The molecule has 2 aromatic carbocycles. The van der Waals surface area contributed by atoms with E-state index < -0.39 is 6.29 Å². The van der Waals surface area contributed by atoms with Crippen LogP contribution in [0.25, 0.3) is 0 Å². The zero-order chi connectivity index (χ0) is 19.5. The molecule has 1 unspecified atom stereocenters. The largest absolute Gasteiger partial charge is 0.469 e. The molecule has 5 heteroatoms. The zero-order valence-electron chi connectivity index (χ0n) is 16.3. The second-order valence-corrected chi connectivity index (χ2v) is 6.40. The van der Waals surface area contributed by atoms with Crippen LogP contribution in [-0.2, 0) is 32.1 Å². The van der Waals surface area contributed by atoms with E-state index in [0.29, 0.717) is 12.8 Å². The number of hydrogen-bond donors (Lipinski definition) is 0. The number of hydrogen-bond acceptors (Lipinski definition) is 5. The zero-order valence-corrected chi connectivity index (χ0v) is 16.3. The molecule has 0 aliphatic carbocycles. The predicted octanol–water partition coefficient (Wildman–Crippen LogP) is 3.63. The van der Waals surface area contributed by atoms with E-state index in [1.165, 1.54) is 18.2 Å². The summed E-state index contributed by atoms with van der Waals surface area (Å²) in [6.07, 6.45) is 0.449. The number of rotatable bonds is 11. The van der Waals surface area contributed by atoms with E-state index in [9.17, 15) is 4.79 Å². The first kappa shape index (κ1) is 21.1. The summed E-state index contributed by atoms with van der Waals surface area (Å²) in [5.74, 6) is -0.231. The topological polar surface area (TPSA) is 48.0 Å². The van der Waals surface area contributed by atoms with Crippen LogP contribution < -0.4 is 0 Å². The van der Waals surface area contributed by atoms with E-state index in [-0.39, 0.29) is 12.0 Å². The molecular weight excluding hydrogens is 342 g/mol. The van der Waals surface area contributed by atoms with Crippen LogP contribution in [0.1, 0.15) is 24.0 Å². The molecule has 27 heavy (non-hydrogen) atoms. The molecule has 0 spiro atoms. The van der Waals surface area contributed by atoms with Gasteiger partial charge < -0.3 is 14.2 Å². The number of esters is 1. The highest BCUT2D eigenvalue weighted by molar-refractivity contribution is 5.69. The number of ether oxygens (including phenoxy) is 3. The molecule has 0 N–H and O–H groups in total. The number of nitrogens with zero attached hydrogens (tertiary/aromatic N) is 1. The van der Waals surface area contributed by atoms with Crippen molar-refractivity contribution in [2.75, 3.05) is 21.3 Å². The molecule has 0 amide bonds. The molecule has 2 rings (SSSR count). The van der Waals surface area contributed by atoms with E-state index in [2.05, 4.69) is 29.2 Å². The maximum Gasteiger partial charge on any atom is 0.305 e. The lowest BCUT2D eigenvalue weighted by atomic mass is 10.1. The normalized spacial score (nSPS) is 12.3. The van der Waals surface area contributed by atoms with Gasteiger partial charge in [0, 0.05) is 33.7 Å². The number of carbonyl (C=O) groups is 1. The van der Waals surface area contributed by atoms with E-state index in [1.54, 1.807) is 14.2 Å². The van der Waals surface area contributed by atoms with Crippen molar-refractivity contribution in [2.45, 2.75) is 38.3 Å². The highest BCUT2D eigenvalue weighted by Crippen LogP contribution is 2.21. The van der Waals surface area contributed by atoms with Crippen LogP contribution in [-0.4, -0.2) is 44.5 Å². The van der Waals surface area contributed by atoms with Crippen molar-refractivity contribution in [3.8, 4) is 0 Å². The first-order valence-electron chi connectivity index (χ1n) is 9.12. The van der Waals surface area contributed by atoms with E-state index in [4.69, 9.17) is 14.2 Å². The Morgan fingerprint density at radius 2 is 1.33 bits per heavy atom. The van der Waals surface area contributed by atoms with Gasteiger partial charge in [-0.2, -0.15) is 0 Å². The van der Waals surface area contributed by atoms with Gasteiger partial charge in [-0.15, -0.1) is 0 Å². The van der Waals surface area contributed by atoms with E-state index >= 15 is 0 Å². The SMILES string of the molecule is COC(=O)CCC(C(OC)OC)N(Cc1ccccc1)Cc1ccccc1. The van der Waals surface area contributed by atoms with Gasteiger partial charge in [0.05, 0.1) is 13.2 Å². The maximum atomic E-state index is 11.7. The van der Waals surface area contributed by atoms with Crippen LogP contribution in [0.15, 0.2) is 60.7 Å². The molecule has 0 saturated heterocycles. The smallest absolute Gasteiger partial charge is 0.305 e. The van der Waals surface area contributed by atoms with E-state index in [0.717, 1.165) is 13.1 Å². The fourth-order valence-corrected chi connectivity index (χ4v) is 3.20. The summed E-state index contributed by atoms with van der Waals surface area (Å²) in [4.78, 5) is 14.0. The first-order valence-corrected chi connectivity index (χ1v) is 9.12. The Morgan fingerprint density at radius 3 is 1.74 bits per heavy atom. The highest BCUT2D eigenvalue weighted by Gasteiger charge is 2.28. The third-order valence-corrected chi connectivity index (χ3v) is 4.58. The van der Waals surface area contributed by atoms with Crippen LogP contribution in [0.2, 0.25) is 0 Å². The summed E-state index contributed by atoms with van der Waals surface area (Å²) in [6, 6.07) is 20.4. The molecule has 0 aromatic heterocycles. The van der Waals surface area contributed by atoms with Crippen molar-refractivity contribution in [3.05, 3.63) is 71.8 Å². The van der Waals surface area contributed by atoms with Crippen LogP contribution >= 0.6 is 0 Å². The third-order valence-electron chi connectivity index (χ3n) is 4.58. The number of benzene rings is 2. The van der Waals surface area contributed by atoms with Crippen LogP contribution in [0.5, 0.6) is 0 Å². The fourth-order valence-electron chi connectivity index (χ4n) is 3.20. The lowest BCUT2D eigenvalue weighted by Gasteiger charge is -2.35. The summed E-state index contributed by atoms with van der Waals surface area (Å²) in [5, 5.41) is 0. The van der Waals surface area contributed by atoms with Gasteiger partial charge >= 0.3 is 5.97 Å². The number of carbonyl (C=O) groups excluding carboxylic acids is 1. The molecule has 0 saturated carbocycles. The third kappa shape index (κ3) is 6.79. The molecule has 5 nitrogen and oxygen atoms in total. The monoisotopic (exact) mass is 371 g/mol. The van der Waals surface area contributed by atoms with Crippen LogP contribution in [0, 0.1) is 0 Å². The predicted molar refractivity (Wildman–Crippen MR) is 105 cm³/mol. The molecule has 1 atom stereocenters. The van der Waals surface area contributed by atoms with Crippen molar-refractivity contribution in [2.24, 2.45) is 0 Å². The molecule has 146 valence electrons. The second kappa shape index (κ2) is 11.5. The van der Waals surface area contributed by atoms with Crippen molar-refractivity contribution in [3.63, 3.8) is 0 Å². The molecule has 0 radical (unpaired) electrons. The van der Waals surface area contributed by atoms with Gasteiger partial charge in [-0.25, -0.2) is 0 Å². The number of methoxy groups -OCH3 is 3. The van der Waals surface area contributed by atoms with Crippen molar-refractivity contribution >= 4 is 5.97 Å². The van der Waals surface area contributed by atoms with Crippen molar-refractivity contribution in [1.29, 1.82) is 0 Å². The first-order chi connectivity index (χ1) is 13.2. The Morgan fingerprint density at radius 1 is 0.852 bits per heavy atom. The van der Waals surface area contributed by atoms with Gasteiger partial charge in [-0.1, -0.05) is 60.7 Å². The summed E-state index contributed by atoms with van der Waals surface area (Å²) in [5.41, 5.74) is 2.39. The average Bonchev–Trinajstić information content (AvgIpc) is 2.72. The molecule has 0 aliphatic heterocycles. The Hall–Kier alpha value is -2.21. The van der Waals surface area contributed by atoms with Crippen molar-refractivity contribution in [1.82, 2.24) is 4.90 Å². The maximum absolute atomic E-state index is 11.7. The van der Waals surface area contributed by atoms with Gasteiger partial charge in [0.15, 0.2) is 6.29 Å². The lowest BCUT2D eigenvalue weighted by molar-refractivity contribution is -0.156. The van der Waals surface area contributed by atoms with Gasteiger partial charge in [0.1, 0.15) is 0 Å². The van der Waals surface area contributed by atoms with Gasteiger partial charge in [0.25, 0.3) is 0 Å². The average molecular weight is 371 g/mol. The van der Waals surface area contributed by atoms with Gasteiger partial charge in [-0.3, -0.25) is 9.69 Å². The highest BCUT2D eigenvalue weighted by atomic mass is 16.7. The minimum absolute atomic E-state index is 0.0977. The fraction of sp³-hybridized carbons (Fsp3) is 0.409. The summed E-state index contributed by atoms with van der Waals surface area (Å²) in [6.45, 7) is 1.45. The minimum Gasteiger partial charge on any atom is -0.469 e. The molecular formula is C22H29NO4. The Labute approximate surface area is 161 Å². The Kier molecular flexibility index (Phi) is 8.98. The molecule has 0 heterocycles. The molecule has 0 bridgehead atoms. The summed E-state index contributed by atoms with van der Waals surface area (Å²) < 4.78 is 16.0. The molecule has 2 aromatic rings. The van der Waals surface area contributed by atoms with Crippen molar-refractivity contribution < 1.29 is 19.0 Å². The summed E-state index contributed by atoms with van der Waals surface area (Å²) >= 11 is 0.